The monoisotopic (exact) mass is 265 g/mol. The minimum absolute atomic E-state index is 0.697. The largest absolute Gasteiger partial charge is 0.314 e. The molecule has 1 fully saturated rings. The molecular weight excluding hydrogens is 238 g/mol. The molecule has 1 aromatic rings. The zero-order valence-corrected chi connectivity index (χ0v) is 12.5. The van der Waals surface area contributed by atoms with E-state index in [1.807, 2.05) is 11.3 Å². The van der Waals surface area contributed by atoms with Gasteiger partial charge in [-0.1, -0.05) is 39.0 Å². The van der Waals surface area contributed by atoms with Crippen LogP contribution in [0.5, 0.6) is 0 Å². The summed E-state index contributed by atoms with van der Waals surface area (Å²) in [5, 5.41) is 8.27. The number of hydrogen-bond acceptors (Lipinski definition) is 2. The van der Waals surface area contributed by atoms with Gasteiger partial charge < -0.3 is 5.32 Å². The molecule has 0 aromatic carbocycles. The van der Waals surface area contributed by atoms with Crippen LogP contribution in [0.15, 0.2) is 16.8 Å². The van der Waals surface area contributed by atoms with Crippen LogP contribution in [0, 0.1) is 5.92 Å². The van der Waals surface area contributed by atoms with Crippen molar-refractivity contribution in [2.24, 2.45) is 5.92 Å². The quantitative estimate of drug-likeness (QED) is 0.758. The molecule has 0 spiro atoms. The van der Waals surface area contributed by atoms with E-state index in [0.717, 1.165) is 5.92 Å². The Labute approximate surface area is 116 Å². The third kappa shape index (κ3) is 4.74. The zero-order valence-electron chi connectivity index (χ0n) is 11.7. The maximum Gasteiger partial charge on any atom is 0.0110 e. The van der Waals surface area contributed by atoms with E-state index in [9.17, 15) is 0 Å². The van der Waals surface area contributed by atoms with E-state index in [1.54, 1.807) is 0 Å². The van der Waals surface area contributed by atoms with Gasteiger partial charge in [0.15, 0.2) is 0 Å². The lowest BCUT2D eigenvalue weighted by Gasteiger charge is -2.27. The summed E-state index contributed by atoms with van der Waals surface area (Å²) in [4.78, 5) is 0. The van der Waals surface area contributed by atoms with E-state index in [-0.39, 0.29) is 0 Å². The lowest BCUT2D eigenvalue weighted by Crippen LogP contribution is -2.34. The van der Waals surface area contributed by atoms with Gasteiger partial charge in [0.1, 0.15) is 0 Å². The van der Waals surface area contributed by atoms with Gasteiger partial charge in [-0.3, -0.25) is 0 Å². The molecule has 102 valence electrons. The molecule has 1 aliphatic carbocycles. The summed E-state index contributed by atoms with van der Waals surface area (Å²) in [5.74, 6) is 0.978. The van der Waals surface area contributed by atoms with Crippen molar-refractivity contribution in [1.82, 2.24) is 5.32 Å². The van der Waals surface area contributed by atoms with Gasteiger partial charge in [0.2, 0.25) is 0 Å². The molecule has 1 aromatic heterocycles. The third-order valence-corrected chi connectivity index (χ3v) is 4.82. The zero-order chi connectivity index (χ0) is 12.6. The number of rotatable bonds is 7. The maximum absolute atomic E-state index is 3.76. The normalized spacial score (nSPS) is 18.9. The molecule has 0 bridgehead atoms. The summed E-state index contributed by atoms with van der Waals surface area (Å²) in [6.07, 6.45) is 11.2. The van der Waals surface area contributed by atoms with Crippen molar-refractivity contribution < 1.29 is 0 Å². The molecule has 2 heteroatoms. The van der Waals surface area contributed by atoms with E-state index in [2.05, 4.69) is 29.1 Å². The van der Waals surface area contributed by atoms with Crippen molar-refractivity contribution in [2.75, 3.05) is 6.54 Å². The maximum atomic E-state index is 3.76. The molecule has 0 saturated heterocycles. The molecule has 1 unspecified atom stereocenters. The second-order valence-corrected chi connectivity index (χ2v) is 6.51. The van der Waals surface area contributed by atoms with Gasteiger partial charge in [0.05, 0.1) is 0 Å². The van der Waals surface area contributed by atoms with Crippen LogP contribution in [0.4, 0.5) is 0 Å². The fourth-order valence-corrected chi connectivity index (χ4v) is 3.79. The van der Waals surface area contributed by atoms with Crippen LogP contribution in [0.3, 0.4) is 0 Å². The molecule has 0 radical (unpaired) electrons. The molecule has 1 nitrogen and oxygen atoms in total. The minimum atomic E-state index is 0.697. The standard InChI is InChI=1S/C16H27NS/c1-2-9-17-16(12-15-8-10-18-13-15)11-14-6-4-3-5-7-14/h8,10,13-14,16-17H,2-7,9,11-12H2,1H3. The second kappa shape index (κ2) is 7.96. The van der Waals surface area contributed by atoms with E-state index in [0.29, 0.717) is 6.04 Å². The summed E-state index contributed by atoms with van der Waals surface area (Å²) >= 11 is 1.82. The first-order valence-corrected chi connectivity index (χ1v) is 8.57. The summed E-state index contributed by atoms with van der Waals surface area (Å²) in [6, 6.07) is 2.98. The molecule has 1 N–H and O–H groups in total. The summed E-state index contributed by atoms with van der Waals surface area (Å²) in [7, 11) is 0. The molecule has 2 rings (SSSR count). The first-order chi connectivity index (χ1) is 8.88. The molecule has 0 aliphatic heterocycles. The Morgan fingerprint density at radius 1 is 1.33 bits per heavy atom. The van der Waals surface area contributed by atoms with Crippen molar-refractivity contribution in [3.63, 3.8) is 0 Å². The van der Waals surface area contributed by atoms with Crippen molar-refractivity contribution in [3.8, 4) is 0 Å². The number of nitrogens with one attached hydrogen (secondary N) is 1. The van der Waals surface area contributed by atoms with Crippen molar-refractivity contribution in [2.45, 2.75) is 64.3 Å². The van der Waals surface area contributed by atoms with Gasteiger partial charge >= 0.3 is 0 Å². The SMILES string of the molecule is CCCNC(Cc1ccsc1)CC1CCCCC1. The van der Waals surface area contributed by atoms with Crippen molar-refractivity contribution >= 4 is 11.3 Å². The highest BCUT2D eigenvalue weighted by atomic mass is 32.1. The molecular formula is C16H27NS. The van der Waals surface area contributed by atoms with Crippen LogP contribution < -0.4 is 5.32 Å². The van der Waals surface area contributed by atoms with Crippen LogP contribution in [0.25, 0.3) is 0 Å². The number of thiophene rings is 1. The van der Waals surface area contributed by atoms with Gasteiger partial charge in [-0.15, -0.1) is 0 Å². The minimum Gasteiger partial charge on any atom is -0.314 e. The van der Waals surface area contributed by atoms with Gasteiger partial charge in [-0.25, -0.2) is 0 Å². The first-order valence-electron chi connectivity index (χ1n) is 7.63. The predicted molar refractivity (Wildman–Crippen MR) is 81.3 cm³/mol. The van der Waals surface area contributed by atoms with Crippen LogP contribution in [0.2, 0.25) is 0 Å². The van der Waals surface area contributed by atoms with Crippen molar-refractivity contribution in [1.29, 1.82) is 0 Å². The fraction of sp³-hybridized carbons (Fsp3) is 0.750. The average Bonchev–Trinajstić information content (AvgIpc) is 2.90. The first kappa shape index (κ1) is 14.1. The van der Waals surface area contributed by atoms with Crippen LogP contribution in [0.1, 0.15) is 57.4 Å². The molecule has 1 atom stereocenters. The number of hydrogen-bond donors (Lipinski definition) is 1. The fourth-order valence-electron chi connectivity index (χ4n) is 3.11. The van der Waals surface area contributed by atoms with Gasteiger partial charge in [0, 0.05) is 6.04 Å². The van der Waals surface area contributed by atoms with Crippen molar-refractivity contribution in [3.05, 3.63) is 22.4 Å². The average molecular weight is 265 g/mol. The van der Waals surface area contributed by atoms with Gasteiger partial charge in [-0.2, -0.15) is 11.3 Å². The Morgan fingerprint density at radius 2 is 2.17 bits per heavy atom. The molecule has 0 amide bonds. The molecule has 1 saturated carbocycles. The Balaban J connectivity index is 1.83. The topological polar surface area (TPSA) is 12.0 Å². The van der Waals surface area contributed by atoms with Crippen LogP contribution in [-0.2, 0) is 6.42 Å². The third-order valence-electron chi connectivity index (χ3n) is 4.09. The molecule has 18 heavy (non-hydrogen) atoms. The van der Waals surface area contributed by atoms with E-state index >= 15 is 0 Å². The van der Waals surface area contributed by atoms with Gasteiger partial charge in [-0.05, 0) is 54.1 Å². The van der Waals surface area contributed by atoms with E-state index in [4.69, 9.17) is 0 Å². The van der Waals surface area contributed by atoms with Gasteiger partial charge in [0.25, 0.3) is 0 Å². The highest BCUT2D eigenvalue weighted by molar-refractivity contribution is 7.07. The predicted octanol–water partition coefficient (Wildman–Crippen LogP) is 4.63. The summed E-state index contributed by atoms with van der Waals surface area (Å²) in [5.41, 5.74) is 1.52. The Kier molecular flexibility index (Phi) is 6.22. The van der Waals surface area contributed by atoms with Crippen LogP contribution in [-0.4, -0.2) is 12.6 Å². The Hall–Kier alpha value is -0.340. The smallest absolute Gasteiger partial charge is 0.0110 e. The second-order valence-electron chi connectivity index (χ2n) is 5.73. The molecule has 1 heterocycles. The summed E-state index contributed by atoms with van der Waals surface area (Å²) in [6.45, 7) is 3.43. The Bertz CT molecular complexity index is 301. The Morgan fingerprint density at radius 3 is 2.83 bits per heavy atom. The molecule has 1 aliphatic rings. The lowest BCUT2D eigenvalue weighted by atomic mass is 9.83. The van der Waals surface area contributed by atoms with Crippen LogP contribution >= 0.6 is 11.3 Å². The highest BCUT2D eigenvalue weighted by Gasteiger charge is 2.18. The van der Waals surface area contributed by atoms with E-state index < -0.39 is 0 Å². The van der Waals surface area contributed by atoms with E-state index in [1.165, 1.54) is 63.5 Å². The lowest BCUT2D eigenvalue weighted by molar-refractivity contribution is 0.297. The summed E-state index contributed by atoms with van der Waals surface area (Å²) < 4.78 is 0. The highest BCUT2D eigenvalue weighted by Crippen LogP contribution is 2.28.